The Morgan fingerprint density at radius 2 is 1.82 bits per heavy atom. The summed E-state index contributed by atoms with van der Waals surface area (Å²) in [5.41, 5.74) is 1.87. The maximum Gasteiger partial charge on any atom is 0.338 e. The molecule has 0 aliphatic rings. The summed E-state index contributed by atoms with van der Waals surface area (Å²) in [6.45, 7) is 0.0911. The average Bonchev–Trinajstić information content (AvgIpc) is 3.09. The Labute approximate surface area is 125 Å². The molecule has 0 radical (unpaired) electrons. The largest absolute Gasteiger partial charge is 0.457 e. The van der Waals surface area contributed by atoms with Crippen molar-refractivity contribution in [3.8, 4) is 5.69 Å². The van der Waals surface area contributed by atoms with Crippen LogP contribution >= 0.6 is 0 Å². The fourth-order valence-corrected chi connectivity index (χ4v) is 1.84. The maximum absolute atomic E-state index is 12.8. The first kappa shape index (κ1) is 13.9. The van der Waals surface area contributed by atoms with Crippen LogP contribution in [0.4, 0.5) is 4.39 Å². The molecule has 0 aliphatic carbocycles. The molecular weight excluding hydrogens is 287 g/mol. The monoisotopic (exact) mass is 298 g/mol. The van der Waals surface area contributed by atoms with Gasteiger partial charge in [-0.2, -0.15) is 0 Å². The van der Waals surface area contributed by atoms with Gasteiger partial charge in [0.1, 0.15) is 18.8 Å². The zero-order valence-electron chi connectivity index (χ0n) is 11.4. The van der Waals surface area contributed by atoms with Crippen molar-refractivity contribution in [2.24, 2.45) is 0 Å². The molecule has 3 aromatic rings. The van der Waals surface area contributed by atoms with E-state index in [4.69, 9.17) is 4.74 Å². The van der Waals surface area contributed by atoms with Crippen molar-refractivity contribution in [1.82, 2.24) is 20.2 Å². The second kappa shape index (κ2) is 6.13. The number of ether oxygens (including phenoxy) is 1. The SMILES string of the molecule is O=C(OCc1ccc(F)cc1)c1ccc(-n2cnnn2)cc1. The minimum absolute atomic E-state index is 0.0911. The van der Waals surface area contributed by atoms with Crippen LogP contribution in [0.5, 0.6) is 0 Å². The van der Waals surface area contributed by atoms with Crippen molar-refractivity contribution < 1.29 is 13.9 Å². The summed E-state index contributed by atoms with van der Waals surface area (Å²) >= 11 is 0. The van der Waals surface area contributed by atoms with Crippen molar-refractivity contribution in [2.45, 2.75) is 6.61 Å². The summed E-state index contributed by atoms with van der Waals surface area (Å²) in [6.07, 6.45) is 1.46. The first-order valence-electron chi connectivity index (χ1n) is 6.47. The highest BCUT2D eigenvalue weighted by Gasteiger charge is 2.08. The molecule has 0 atom stereocenters. The normalized spacial score (nSPS) is 10.4. The number of aromatic nitrogens is 4. The van der Waals surface area contributed by atoms with Crippen molar-refractivity contribution in [2.75, 3.05) is 0 Å². The Morgan fingerprint density at radius 1 is 1.09 bits per heavy atom. The molecule has 0 spiro atoms. The summed E-state index contributed by atoms with van der Waals surface area (Å²) in [5, 5.41) is 10.8. The molecular formula is C15H11FN4O2. The van der Waals surface area contributed by atoms with Crippen molar-refractivity contribution >= 4 is 5.97 Å². The molecule has 0 saturated heterocycles. The molecule has 0 saturated carbocycles. The maximum atomic E-state index is 12.8. The molecule has 7 heteroatoms. The van der Waals surface area contributed by atoms with Crippen LogP contribution in [0.3, 0.4) is 0 Å². The minimum atomic E-state index is -0.451. The first-order chi connectivity index (χ1) is 10.7. The van der Waals surface area contributed by atoms with Gasteiger partial charge in [-0.1, -0.05) is 12.1 Å². The Kier molecular flexibility index (Phi) is 3.86. The fraction of sp³-hybridized carbons (Fsp3) is 0.0667. The van der Waals surface area contributed by atoms with E-state index < -0.39 is 5.97 Å². The van der Waals surface area contributed by atoms with E-state index in [0.717, 1.165) is 11.3 Å². The van der Waals surface area contributed by atoms with Gasteiger partial charge in [0.05, 0.1) is 11.3 Å². The van der Waals surface area contributed by atoms with Gasteiger partial charge in [-0.25, -0.2) is 13.9 Å². The van der Waals surface area contributed by atoms with E-state index in [9.17, 15) is 9.18 Å². The van der Waals surface area contributed by atoms with Crippen molar-refractivity contribution in [1.29, 1.82) is 0 Å². The number of nitrogens with zero attached hydrogens (tertiary/aromatic N) is 4. The first-order valence-corrected chi connectivity index (χ1v) is 6.47. The standard InChI is InChI=1S/C15H11FN4O2/c16-13-5-1-11(2-6-13)9-22-15(21)12-3-7-14(8-4-12)20-10-17-18-19-20/h1-8,10H,9H2. The quantitative estimate of drug-likeness (QED) is 0.690. The number of benzene rings is 2. The molecule has 0 bridgehead atoms. The summed E-state index contributed by atoms with van der Waals surface area (Å²) in [6, 6.07) is 12.5. The predicted octanol–water partition coefficient (Wildman–Crippen LogP) is 2.16. The topological polar surface area (TPSA) is 69.9 Å². The summed E-state index contributed by atoms with van der Waals surface area (Å²) in [7, 11) is 0. The molecule has 1 aromatic heterocycles. The van der Waals surface area contributed by atoms with Gasteiger partial charge in [0.2, 0.25) is 0 Å². The van der Waals surface area contributed by atoms with Gasteiger partial charge >= 0.3 is 5.97 Å². The molecule has 3 rings (SSSR count). The fourth-order valence-electron chi connectivity index (χ4n) is 1.84. The number of rotatable bonds is 4. The number of hydrogen-bond donors (Lipinski definition) is 0. The van der Waals surface area contributed by atoms with Gasteiger partial charge in [-0.05, 0) is 52.4 Å². The molecule has 2 aromatic carbocycles. The second-order valence-corrected chi connectivity index (χ2v) is 4.50. The second-order valence-electron chi connectivity index (χ2n) is 4.50. The molecule has 0 N–H and O–H groups in total. The third kappa shape index (κ3) is 3.14. The summed E-state index contributed by atoms with van der Waals surface area (Å²) in [5.74, 6) is -0.777. The molecule has 110 valence electrons. The third-order valence-electron chi connectivity index (χ3n) is 3.00. The van der Waals surface area contributed by atoms with Gasteiger partial charge in [0.25, 0.3) is 0 Å². The van der Waals surface area contributed by atoms with Crippen LogP contribution in [0.15, 0.2) is 54.9 Å². The lowest BCUT2D eigenvalue weighted by Crippen LogP contribution is -2.05. The number of halogens is 1. The Morgan fingerprint density at radius 3 is 2.45 bits per heavy atom. The van der Waals surface area contributed by atoms with Crippen LogP contribution in [0.25, 0.3) is 5.69 Å². The van der Waals surface area contributed by atoms with E-state index >= 15 is 0 Å². The number of carbonyl (C=O) groups excluding carboxylic acids is 1. The zero-order valence-corrected chi connectivity index (χ0v) is 11.4. The summed E-state index contributed by atoms with van der Waals surface area (Å²) in [4.78, 5) is 11.9. The lowest BCUT2D eigenvalue weighted by atomic mass is 10.2. The Balaban J connectivity index is 1.63. The van der Waals surface area contributed by atoms with E-state index in [1.165, 1.54) is 23.1 Å². The molecule has 0 amide bonds. The van der Waals surface area contributed by atoms with Crippen LogP contribution in [0, 0.1) is 5.82 Å². The molecule has 0 unspecified atom stereocenters. The van der Waals surface area contributed by atoms with E-state index in [2.05, 4.69) is 15.5 Å². The highest BCUT2D eigenvalue weighted by atomic mass is 19.1. The number of hydrogen-bond acceptors (Lipinski definition) is 5. The van der Waals surface area contributed by atoms with E-state index in [0.29, 0.717) is 5.56 Å². The Hall–Kier alpha value is -3.09. The van der Waals surface area contributed by atoms with E-state index in [-0.39, 0.29) is 12.4 Å². The van der Waals surface area contributed by atoms with Crippen molar-refractivity contribution in [3.63, 3.8) is 0 Å². The molecule has 22 heavy (non-hydrogen) atoms. The van der Waals surface area contributed by atoms with Crippen LogP contribution in [0.2, 0.25) is 0 Å². The smallest absolute Gasteiger partial charge is 0.338 e. The van der Waals surface area contributed by atoms with Gasteiger partial charge < -0.3 is 4.74 Å². The van der Waals surface area contributed by atoms with Crippen molar-refractivity contribution in [3.05, 3.63) is 71.8 Å². The van der Waals surface area contributed by atoms with Gasteiger partial charge in [0, 0.05) is 0 Å². The average molecular weight is 298 g/mol. The predicted molar refractivity (Wildman–Crippen MR) is 74.7 cm³/mol. The minimum Gasteiger partial charge on any atom is -0.457 e. The molecule has 1 heterocycles. The van der Waals surface area contributed by atoms with E-state index in [1.54, 1.807) is 36.4 Å². The van der Waals surface area contributed by atoms with Gasteiger partial charge in [-0.3, -0.25) is 0 Å². The van der Waals surface area contributed by atoms with Gasteiger partial charge in [0.15, 0.2) is 0 Å². The van der Waals surface area contributed by atoms with Crippen LogP contribution in [-0.2, 0) is 11.3 Å². The van der Waals surface area contributed by atoms with Crippen LogP contribution in [-0.4, -0.2) is 26.2 Å². The van der Waals surface area contributed by atoms with Crippen LogP contribution < -0.4 is 0 Å². The zero-order chi connectivity index (χ0) is 15.4. The highest BCUT2D eigenvalue weighted by molar-refractivity contribution is 5.89. The summed E-state index contributed by atoms with van der Waals surface area (Å²) < 4.78 is 19.4. The third-order valence-corrected chi connectivity index (χ3v) is 3.00. The lowest BCUT2D eigenvalue weighted by molar-refractivity contribution is 0.0472. The highest BCUT2D eigenvalue weighted by Crippen LogP contribution is 2.11. The van der Waals surface area contributed by atoms with Crippen LogP contribution in [0.1, 0.15) is 15.9 Å². The molecule has 0 fully saturated rings. The number of esters is 1. The Bertz CT molecular complexity index is 755. The molecule has 0 aliphatic heterocycles. The number of carbonyl (C=O) groups is 1. The molecule has 6 nitrogen and oxygen atoms in total. The lowest BCUT2D eigenvalue weighted by Gasteiger charge is -2.06. The van der Waals surface area contributed by atoms with E-state index in [1.807, 2.05) is 0 Å². The number of tetrazole rings is 1. The van der Waals surface area contributed by atoms with Gasteiger partial charge in [-0.15, -0.1) is 5.10 Å².